The summed E-state index contributed by atoms with van der Waals surface area (Å²) in [5, 5.41) is 0. The number of halogens is 1. The first kappa shape index (κ1) is 15.7. The van der Waals surface area contributed by atoms with E-state index in [9.17, 15) is 4.79 Å². The van der Waals surface area contributed by atoms with Gasteiger partial charge >= 0.3 is 5.97 Å². The Morgan fingerprint density at radius 2 is 1.91 bits per heavy atom. The Kier molecular flexibility index (Phi) is 4.76. The number of esters is 1. The minimum Gasteiger partial charge on any atom is -0.459 e. The van der Waals surface area contributed by atoms with Gasteiger partial charge in [-0.05, 0) is 18.2 Å². The summed E-state index contributed by atoms with van der Waals surface area (Å²) in [5.74, 6) is 0.627. The summed E-state index contributed by atoms with van der Waals surface area (Å²) >= 11 is 3.46. The van der Waals surface area contributed by atoms with E-state index in [4.69, 9.17) is 4.74 Å². The van der Waals surface area contributed by atoms with E-state index in [-0.39, 0.29) is 19.1 Å². The second-order valence-corrected chi connectivity index (χ2v) is 6.06. The number of hydrogen-bond donors (Lipinski definition) is 0. The lowest BCUT2D eigenvalue weighted by atomic mass is 10.2. The van der Waals surface area contributed by atoms with Crippen molar-refractivity contribution in [2.24, 2.45) is 0 Å². The zero-order chi connectivity index (χ0) is 16.2. The lowest BCUT2D eigenvalue weighted by Crippen LogP contribution is -2.15. The number of nitrogens with zero attached hydrogens (tertiary/aromatic N) is 2. The number of aryl methyl sites for hydroxylation is 1. The molecule has 0 N–H and O–H groups in total. The fraction of sp³-hybridized carbons (Fsp3) is 0.222. The van der Waals surface area contributed by atoms with Crippen LogP contribution in [0.5, 0.6) is 0 Å². The minimum absolute atomic E-state index is 0.175. The lowest BCUT2D eigenvalue weighted by molar-refractivity contribution is -0.145. The monoisotopic (exact) mass is 372 g/mol. The highest BCUT2D eigenvalue weighted by Gasteiger charge is 2.13. The van der Waals surface area contributed by atoms with Crippen molar-refractivity contribution in [1.82, 2.24) is 9.55 Å². The first-order valence-electron chi connectivity index (χ1n) is 7.52. The van der Waals surface area contributed by atoms with Crippen LogP contribution in [0.25, 0.3) is 11.0 Å². The van der Waals surface area contributed by atoms with Gasteiger partial charge in [0.05, 0.1) is 11.0 Å². The Morgan fingerprint density at radius 3 is 2.70 bits per heavy atom. The third-order valence-corrected chi connectivity index (χ3v) is 4.46. The molecule has 0 atom stereocenters. The van der Waals surface area contributed by atoms with Crippen molar-refractivity contribution in [3.05, 3.63) is 64.4 Å². The highest BCUT2D eigenvalue weighted by Crippen LogP contribution is 2.18. The molecule has 5 heteroatoms. The number of ether oxygens (including phenoxy) is 1. The predicted octanol–water partition coefficient (Wildman–Crippen LogP) is 4.10. The van der Waals surface area contributed by atoms with Gasteiger partial charge in [0, 0.05) is 16.5 Å². The molecule has 0 spiro atoms. The first-order chi connectivity index (χ1) is 11.2. The van der Waals surface area contributed by atoms with Crippen molar-refractivity contribution < 1.29 is 9.53 Å². The van der Waals surface area contributed by atoms with Crippen molar-refractivity contribution in [3.63, 3.8) is 0 Å². The van der Waals surface area contributed by atoms with Gasteiger partial charge in [-0.15, -0.1) is 0 Å². The molecule has 3 rings (SSSR count). The molecule has 1 heterocycles. The molecule has 1 aromatic heterocycles. The van der Waals surface area contributed by atoms with Crippen molar-refractivity contribution in [1.29, 1.82) is 0 Å². The minimum atomic E-state index is -0.265. The quantitative estimate of drug-likeness (QED) is 0.633. The predicted molar refractivity (Wildman–Crippen MR) is 93.0 cm³/mol. The maximum atomic E-state index is 12.2. The van der Waals surface area contributed by atoms with Gasteiger partial charge in [-0.3, -0.25) is 4.79 Å². The SMILES string of the molecule is CCc1nc2ccccc2n1CC(=O)OCc1ccccc1Br. The first-order valence-corrected chi connectivity index (χ1v) is 8.31. The topological polar surface area (TPSA) is 44.1 Å². The molecule has 0 aliphatic heterocycles. The molecule has 0 bridgehead atoms. The molecule has 3 aromatic rings. The largest absolute Gasteiger partial charge is 0.459 e. The van der Waals surface area contributed by atoms with Gasteiger partial charge < -0.3 is 9.30 Å². The Morgan fingerprint density at radius 1 is 1.17 bits per heavy atom. The molecule has 0 unspecified atom stereocenters. The van der Waals surface area contributed by atoms with E-state index >= 15 is 0 Å². The van der Waals surface area contributed by atoms with Gasteiger partial charge in [0.2, 0.25) is 0 Å². The normalized spacial score (nSPS) is 10.9. The summed E-state index contributed by atoms with van der Waals surface area (Å²) in [6, 6.07) is 15.5. The van der Waals surface area contributed by atoms with Crippen LogP contribution in [0.15, 0.2) is 53.0 Å². The number of rotatable bonds is 5. The second-order valence-electron chi connectivity index (χ2n) is 5.21. The highest BCUT2D eigenvalue weighted by molar-refractivity contribution is 9.10. The molecule has 0 aliphatic carbocycles. The average molecular weight is 373 g/mol. The number of aromatic nitrogens is 2. The number of hydrogen-bond acceptors (Lipinski definition) is 3. The summed E-state index contributed by atoms with van der Waals surface area (Å²) in [7, 11) is 0. The summed E-state index contributed by atoms with van der Waals surface area (Å²) in [6.45, 7) is 2.46. The van der Waals surface area contributed by atoms with E-state index in [1.165, 1.54) is 0 Å². The molecule has 0 radical (unpaired) electrons. The van der Waals surface area contributed by atoms with Crippen LogP contribution in [0.4, 0.5) is 0 Å². The maximum absolute atomic E-state index is 12.2. The van der Waals surface area contributed by atoms with E-state index in [0.29, 0.717) is 0 Å². The molecule has 4 nitrogen and oxygen atoms in total. The fourth-order valence-electron chi connectivity index (χ4n) is 2.52. The van der Waals surface area contributed by atoms with E-state index in [1.54, 1.807) is 0 Å². The Bertz CT molecular complexity index is 842. The zero-order valence-electron chi connectivity index (χ0n) is 12.8. The van der Waals surface area contributed by atoms with Crippen molar-refractivity contribution in [2.75, 3.05) is 0 Å². The van der Waals surface area contributed by atoms with Crippen LogP contribution < -0.4 is 0 Å². The number of fused-ring (bicyclic) bond motifs is 1. The second kappa shape index (κ2) is 6.96. The molecule has 0 saturated heterocycles. The number of imidazole rings is 1. The molecule has 0 fully saturated rings. The number of carbonyl (C=O) groups is 1. The van der Waals surface area contributed by atoms with Crippen LogP contribution in [0.2, 0.25) is 0 Å². The standard InChI is InChI=1S/C18H17BrN2O2/c1-2-17-20-15-9-5-6-10-16(15)21(17)11-18(22)23-12-13-7-3-4-8-14(13)19/h3-10H,2,11-12H2,1H3. The summed E-state index contributed by atoms with van der Waals surface area (Å²) in [4.78, 5) is 16.8. The van der Waals surface area contributed by atoms with Crippen LogP contribution >= 0.6 is 15.9 Å². The summed E-state index contributed by atoms with van der Waals surface area (Å²) in [5.41, 5.74) is 2.82. The van der Waals surface area contributed by atoms with Crippen LogP contribution in [-0.2, 0) is 29.1 Å². The van der Waals surface area contributed by atoms with Crippen LogP contribution in [0.3, 0.4) is 0 Å². The third-order valence-electron chi connectivity index (χ3n) is 3.68. The summed E-state index contributed by atoms with van der Waals surface area (Å²) < 4.78 is 8.28. The smallest absolute Gasteiger partial charge is 0.326 e. The van der Waals surface area contributed by atoms with Gasteiger partial charge in [-0.25, -0.2) is 4.98 Å². The molecule has 2 aromatic carbocycles. The Hall–Kier alpha value is -2.14. The molecule has 0 saturated carbocycles. The van der Waals surface area contributed by atoms with Gasteiger partial charge in [-0.2, -0.15) is 0 Å². The van der Waals surface area contributed by atoms with Gasteiger partial charge in [0.25, 0.3) is 0 Å². The van der Waals surface area contributed by atoms with E-state index in [0.717, 1.165) is 33.3 Å². The van der Waals surface area contributed by atoms with Crippen molar-refractivity contribution in [2.45, 2.75) is 26.5 Å². The number of carbonyl (C=O) groups excluding carboxylic acids is 1. The van der Waals surface area contributed by atoms with Gasteiger partial charge in [-0.1, -0.05) is 53.2 Å². The fourth-order valence-corrected chi connectivity index (χ4v) is 2.92. The molecule has 23 heavy (non-hydrogen) atoms. The van der Waals surface area contributed by atoms with E-state index in [2.05, 4.69) is 20.9 Å². The lowest BCUT2D eigenvalue weighted by Gasteiger charge is -2.09. The van der Waals surface area contributed by atoms with E-state index in [1.807, 2.05) is 60.0 Å². The van der Waals surface area contributed by atoms with Crippen molar-refractivity contribution in [3.8, 4) is 0 Å². The molecular weight excluding hydrogens is 356 g/mol. The number of benzene rings is 2. The van der Waals surface area contributed by atoms with Gasteiger partial charge in [0.15, 0.2) is 0 Å². The molecule has 118 valence electrons. The highest BCUT2D eigenvalue weighted by atomic mass is 79.9. The molecule has 0 aliphatic rings. The molecular formula is C18H17BrN2O2. The Labute approximate surface area is 143 Å². The van der Waals surface area contributed by atoms with Crippen LogP contribution in [0, 0.1) is 0 Å². The van der Waals surface area contributed by atoms with Crippen LogP contribution in [0.1, 0.15) is 18.3 Å². The Balaban J connectivity index is 1.74. The van der Waals surface area contributed by atoms with E-state index < -0.39 is 0 Å². The zero-order valence-corrected chi connectivity index (χ0v) is 14.4. The number of para-hydroxylation sites is 2. The average Bonchev–Trinajstić information content (AvgIpc) is 2.92. The summed E-state index contributed by atoms with van der Waals surface area (Å²) in [6.07, 6.45) is 0.770. The molecule has 0 amide bonds. The third kappa shape index (κ3) is 3.45. The van der Waals surface area contributed by atoms with Crippen LogP contribution in [-0.4, -0.2) is 15.5 Å². The maximum Gasteiger partial charge on any atom is 0.326 e. The van der Waals surface area contributed by atoms with Gasteiger partial charge in [0.1, 0.15) is 19.0 Å². The van der Waals surface area contributed by atoms with Crippen molar-refractivity contribution >= 4 is 32.9 Å².